The van der Waals surface area contributed by atoms with Crippen molar-refractivity contribution in [1.82, 2.24) is 0 Å². The van der Waals surface area contributed by atoms with E-state index in [0.29, 0.717) is 6.42 Å². The predicted octanol–water partition coefficient (Wildman–Crippen LogP) is 6.70. The SMILES string of the molecule is CCC(=O)OCOP(=O)(OCOC(=O)CC)O[C@@H]1[C@@H](OP(=O)(OCOC(=O)CC)OCOC(=O)CC)[C@H](OP(=O)(OCOC(=O)CC)OCOC(=O)CC)[C@]2(O)C3(CC4CCC3(C)C4(C)C)[C@]2(O)[C@H]1OP(=O)(OCOC(=O)CC)OCOC(=O)CC. The van der Waals surface area contributed by atoms with Crippen molar-refractivity contribution in [1.29, 1.82) is 0 Å². The highest BCUT2D eigenvalue weighted by atomic mass is 31.2. The van der Waals surface area contributed by atoms with Crippen LogP contribution in [0.1, 0.15) is 147 Å². The van der Waals surface area contributed by atoms with Gasteiger partial charge in [-0.05, 0) is 36.0 Å². The Hall–Kier alpha value is -3.88. The lowest BCUT2D eigenvalue weighted by atomic mass is 9.62. The van der Waals surface area contributed by atoms with Crippen molar-refractivity contribution in [3.8, 4) is 0 Å². The number of carbonyl (C=O) groups excluding carboxylic acids is 8. The highest BCUT2D eigenvalue weighted by Crippen LogP contribution is 2.92. The zero-order valence-corrected chi connectivity index (χ0v) is 53.1. The fourth-order valence-corrected chi connectivity index (χ4v) is 14.8. The third-order valence-corrected chi connectivity index (χ3v) is 20.6. The van der Waals surface area contributed by atoms with Crippen LogP contribution in [0.15, 0.2) is 0 Å². The minimum Gasteiger partial charge on any atom is -0.438 e. The van der Waals surface area contributed by atoms with Gasteiger partial charge in [-0.15, -0.1) is 0 Å². The van der Waals surface area contributed by atoms with E-state index in [4.69, 9.17) is 92.2 Å². The quantitative estimate of drug-likeness (QED) is 0.0279. The molecule has 2 N–H and O–H groups in total. The molecule has 0 aromatic heterocycles. The summed E-state index contributed by atoms with van der Waals surface area (Å²) in [6, 6.07) is 0. The Kier molecular flexibility index (Phi) is 27.5. The Morgan fingerprint density at radius 3 is 0.756 bits per heavy atom. The fourth-order valence-electron chi connectivity index (χ4n) is 10.4. The standard InChI is InChI=1S/C48H78O34P4/c1-12-32(49)63-23-71-83(59,72-24-64-33(50)13-2)79-40-41(80-84(60,73-25-65-34(51)14-3)74-26-66-35(52)15-4)43(82-86(62,77-29-69-38(55)18-7)78-30-70-39(56)19-8)48(58)46(22-31-20-21-45(46,11)44(31,9)10)47(48,57)42(40)81-85(61,75-27-67-36(53)16-5)76-28-68-37(54)17-6/h31,40-43,57-58H,12-30H2,1-11H3/t31?,40-,41-,42+,43+,45?,46?,47-,48+/m1/s1. The summed E-state index contributed by atoms with van der Waals surface area (Å²) in [7, 11) is -23.5. The molecule has 0 aromatic carbocycles. The molecule has 494 valence electrons. The summed E-state index contributed by atoms with van der Waals surface area (Å²) in [5.41, 5.74) is -11.5. The maximum absolute atomic E-state index is 15.5. The molecule has 4 saturated carbocycles. The summed E-state index contributed by atoms with van der Waals surface area (Å²) in [6.07, 6.45) is -14.0. The molecule has 3 unspecified atom stereocenters. The first-order valence-electron chi connectivity index (χ1n) is 27.3. The third kappa shape index (κ3) is 16.9. The molecular weight excluding hydrogens is 1240 g/mol. The summed E-state index contributed by atoms with van der Waals surface area (Å²) >= 11 is 0. The van der Waals surface area contributed by atoms with Crippen LogP contribution in [0, 0.1) is 22.2 Å². The Balaban J connectivity index is 2.26. The van der Waals surface area contributed by atoms with Gasteiger partial charge >= 0.3 is 79.0 Å². The van der Waals surface area contributed by atoms with E-state index in [1.807, 2.05) is 0 Å². The molecule has 1 spiro atoms. The van der Waals surface area contributed by atoms with Gasteiger partial charge in [0.05, 0.1) is 0 Å². The minimum atomic E-state index is -5.91. The Morgan fingerprint density at radius 2 is 0.581 bits per heavy atom. The maximum Gasteiger partial charge on any atom is 0.481 e. The molecule has 86 heavy (non-hydrogen) atoms. The molecule has 2 bridgehead atoms. The molecule has 4 aliphatic rings. The van der Waals surface area contributed by atoms with Gasteiger partial charge in [-0.25, -0.2) is 54.5 Å². The normalized spacial score (nSPS) is 26.5. The zero-order valence-electron chi connectivity index (χ0n) is 49.6. The van der Waals surface area contributed by atoms with E-state index in [1.54, 1.807) is 20.8 Å². The van der Waals surface area contributed by atoms with Crippen LogP contribution < -0.4 is 0 Å². The zero-order chi connectivity index (χ0) is 64.6. The van der Waals surface area contributed by atoms with Crippen molar-refractivity contribution >= 4 is 79.0 Å². The number of fused-ring (bicyclic) bond motifs is 6. The van der Waals surface area contributed by atoms with Gasteiger partial charge in [0, 0.05) is 56.8 Å². The molecule has 4 aliphatic carbocycles. The summed E-state index contributed by atoms with van der Waals surface area (Å²) in [6.45, 7) is 5.27. The first-order chi connectivity index (χ1) is 40.3. The number of esters is 8. The van der Waals surface area contributed by atoms with Crippen LogP contribution in [-0.2, 0) is 149 Å². The smallest absolute Gasteiger partial charge is 0.438 e. The maximum atomic E-state index is 15.5. The van der Waals surface area contributed by atoms with Crippen LogP contribution in [0.3, 0.4) is 0 Å². The Labute approximate surface area is 495 Å². The number of carbonyl (C=O) groups is 8. The molecule has 38 heteroatoms. The average Bonchev–Trinajstić information content (AvgIpc) is 1.41. The largest absolute Gasteiger partial charge is 0.481 e. The van der Waals surface area contributed by atoms with Gasteiger partial charge in [0.15, 0.2) is 0 Å². The number of phosphoric acid groups is 4. The molecule has 4 rings (SSSR count). The molecule has 9 atom stereocenters. The molecule has 0 heterocycles. The molecule has 0 amide bonds. The average molecular weight is 1320 g/mol. The first-order valence-corrected chi connectivity index (χ1v) is 33.2. The van der Waals surface area contributed by atoms with Crippen LogP contribution in [0.4, 0.5) is 0 Å². The number of aliphatic hydroxyl groups is 2. The van der Waals surface area contributed by atoms with Gasteiger partial charge in [-0.2, -0.15) is 0 Å². The van der Waals surface area contributed by atoms with Crippen molar-refractivity contribution in [3.63, 3.8) is 0 Å². The number of rotatable bonds is 40. The van der Waals surface area contributed by atoms with Crippen molar-refractivity contribution in [3.05, 3.63) is 0 Å². The third-order valence-electron chi connectivity index (χ3n) is 15.2. The number of hydrogen-bond donors (Lipinski definition) is 2. The summed E-state index contributed by atoms with van der Waals surface area (Å²) in [5, 5.41) is 28.4. The second kappa shape index (κ2) is 31.7. The summed E-state index contributed by atoms with van der Waals surface area (Å²) < 4.78 is 170. The van der Waals surface area contributed by atoms with Crippen molar-refractivity contribution in [2.24, 2.45) is 22.2 Å². The lowest BCUT2D eigenvalue weighted by Crippen LogP contribution is -2.65. The number of ether oxygens (including phenoxy) is 8. The molecule has 4 fully saturated rings. The second-order valence-corrected chi connectivity index (χ2v) is 26.3. The summed E-state index contributed by atoms with van der Waals surface area (Å²) in [4.78, 5) is 99.7. The molecule has 0 radical (unpaired) electrons. The van der Waals surface area contributed by atoms with Crippen LogP contribution in [0.2, 0.25) is 0 Å². The molecule has 34 nitrogen and oxygen atoms in total. The molecule has 0 aromatic rings. The van der Waals surface area contributed by atoms with Crippen LogP contribution >= 0.6 is 31.3 Å². The van der Waals surface area contributed by atoms with E-state index < -0.39 is 191 Å². The predicted molar refractivity (Wildman–Crippen MR) is 280 cm³/mol. The lowest BCUT2D eigenvalue weighted by Gasteiger charge is -2.46. The van der Waals surface area contributed by atoms with Gasteiger partial charge in [0.25, 0.3) is 0 Å². The van der Waals surface area contributed by atoms with Gasteiger partial charge in [-0.1, -0.05) is 76.2 Å². The topological polar surface area (TPSA) is 430 Å². The van der Waals surface area contributed by atoms with E-state index >= 15 is 18.3 Å². The van der Waals surface area contributed by atoms with E-state index in [9.17, 15) is 48.6 Å². The van der Waals surface area contributed by atoms with Gasteiger partial charge in [-0.3, -0.25) is 56.5 Å². The van der Waals surface area contributed by atoms with E-state index in [2.05, 4.69) is 0 Å². The van der Waals surface area contributed by atoms with Gasteiger partial charge in [0.1, 0.15) is 35.6 Å². The van der Waals surface area contributed by atoms with E-state index in [0.717, 1.165) is 0 Å². The number of hydrogen-bond acceptors (Lipinski definition) is 34. The highest BCUT2D eigenvalue weighted by Gasteiger charge is 3.03. The fraction of sp³-hybridized carbons (Fsp3) is 0.833. The van der Waals surface area contributed by atoms with Crippen molar-refractivity contribution < 1.29 is 159 Å². The summed E-state index contributed by atoms with van der Waals surface area (Å²) in [5.74, 6) is -8.40. The van der Waals surface area contributed by atoms with Crippen LogP contribution in [0.25, 0.3) is 0 Å². The Morgan fingerprint density at radius 1 is 0.372 bits per heavy atom. The van der Waals surface area contributed by atoms with Crippen LogP contribution in [0.5, 0.6) is 0 Å². The molecule has 0 saturated heterocycles. The lowest BCUT2D eigenvalue weighted by molar-refractivity contribution is -0.219. The molecular formula is C48H78O34P4. The highest BCUT2D eigenvalue weighted by molar-refractivity contribution is 7.49. The number of phosphoric ester groups is 4. The van der Waals surface area contributed by atoms with Crippen LogP contribution in [-0.4, -0.2) is 148 Å². The van der Waals surface area contributed by atoms with E-state index in [-0.39, 0.29) is 64.2 Å². The minimum absolute atomic E-state index is 0.0770. The molecule has 0 aliphatic heterocycles. The first kappa shape index (κ1) is 74.6. The van der Waals surface area contributed by atoms with Gasteiger partial charge in [0.2, 0.25) is 54.3 Å². The second-order valence-electron chi connectivity index (χ2n) is 19.8. The van der Waals surface area contributed by atoms with Crippen molar-refractivity contribution in [2.75, 3.05) is 54.3 Å². The van der Waals surface area contributed by atoms with Gasteiger partial charge < -0.3 is 48.1 Å². The van der Waals surface area contributed by atoms with E-state index in [1.165, 1.54) is 55.4 Å². The Bertz CT molecular complexity index is 2340. The monoisotopic (exact) mass is 1320 g/mol. The van der Waals surface area contributed by atoms with Crippen molar-refractivity contribution in [2.45, 2.75) is 182 Å².